The Bertz CT molecular complexity index is 1210. The number of hydrogen-bond acceptors (Lipinski definition) is 6. The van der Waals surface area contributed by atoms with Gasteiger partial charge in [0.05, 0.1) is 30.4 Å². The van der Waals surface area contributed by atoms with E-state index in [2.05, 4.69) is 5.32 Å². The quantitative estimate of drug-likeness (QED) is 0.342. The van der Waals surface area contributed by atoms with Gasteiger partial charge in [0.2, 0.25) is 0 Å². The molecule has 0 radical (unpaired) electrons. The Hall–Kier alpha value is -4.23. The van der Waals surface area contributed by atoms with Crippen molar-refractivity contribution in [3.63, 3.8) is 0 Å². The molecule has 0 heterocycles. The molecule has 3 aromatic carbocycles. The average Bonchev–Trinajstić information content (AvgIpc) is 2.96. The highest BCUT2D eigenvalue weighted by atomic mass is 16.5. The van der Waals surface area contributed by atoms with Crippen molar-refractivity contribution in [2.45, 2.75) is 6.04 Å². The molecule has 37 heavy (non-hydrogen) atoms. The number of esters is 2. The van der Waals surface area contributed by atoms with E-state index in [1.165, 1.54) is 0 Å². The molecule has 1 aliphatic carbocycles. The summed E-state index contributed by atoms with van der Waals surface area (Å²) in [7, 11) is 0. The summed E-state index contributed by atoms with van der Waals surface area (Å²) in [5.74, 6) is -2.44. The number of benzene rings is 3. The minimum absolute atomic E-state index is 0.0193. The van der Waals surface area contributed by atoms with Gasteiger partial charge in [-0.05, 0) is 36.4 Å². The first-order chi connectivity index (χ1) is 18.1. The Morgan fingerprint density at radius 1 is 0.649 bits per heavy atom. The van der Waals surface area contributed by atoms with E-state index in [-0.39, 0.29) is 31.6 Å². The van der Waals surface area contributed by atoms with E-state index in [0.717, 1.165) is 0 Å². The molecule has 3 aromatic rings. The fourth-order valence-electron chi connectivity index (χ4n) is 4.45. The van der Waals surface area contributed by atoms with Crippen molar-refractivity contribution < 1.29 is 29.0 Å². The Balaban J connectivity index is 1.50. The number of hydrogen-bond donors (Lipinski definition) is 2. The van der Waals surface area contributed by atoms with Crippen molar-refractivity contribution in [2.75, 3.05) is 19.8 Å². The highest BCUT2D eigenvalue weighted by molar-refractivity contribution is 5.94. The van der Waals surface area contributed by atoms with Crippen LogP contribution in [0.15, 0.2) is 103 Å². The molecule has 4 atom stereocenters. The van der Waals surface area contributed by atoms with Gasteiger partial charge in [0, 0.05) is 29.9 Å². The summed E-state index contributed by atoms with van der Waals surface area (Å²) in [5, 5.41) is 13.3. The zero-order valence-electron chi connectivity index (χ0n) is 20.2. The molecular formula is C30H29NO6. The van der Waals surface area contributed by atoms with Gasteiger partial charge in [0.1, 0.15) is 0 Å². The Morgan fingerprint density at radius 2 is 1.14 bits per heavy atom. The topological polar surface area (TPSA) is 102 Å². The number of rotatable bonds is 9. The molecule has 1 aliphatic rings. The highest BCUT2D eigenvalue weighted by Gasteiger charge is 2.38. The fourth-order valence-corrected chi connectivity index (χ4v) is 4.45. The van der Waals surface area contributed by atoms with Gasteiger partial charge in [-0.25, -0.2) is 9.59 Å². The van der Waals surface area contributed by atoms with E-state index < -0.39 is 29.8 Å². The maximum absolute atomic E-state index is 12.8. The number of amides is 1. The molecule has 0 saturated heterocycles. The lowest BCUT2D eigenvalue weighted by atomic mass is 9.74. The van der Waals surface area contributed by atoms with Gasteiger partial charge in [0.15, 0.2) is 0 Å². The van der Waals surface area contributed by atoms with Crippen LogP contribution in [0.25, 0.3) is 0 Å². The van der Waals surface area contributed by atoms with Crippen molar-refractivity contribution in [1.82, 2.24) is 5.32 Å². The molecule has 1 amide bonds. The van der Waals surface area contributed by atoms with Crippen LogP contribution in [0.1, 0.15) is 31.1 Å². The van der Waals surface area contributed by atoms with Crippen LogP contribution < -0.4 is 5.32 Å². The predicted molar refractivity (Wildman–Crippen MR) is 138 cm³/mol. The third kappa shape index (κ3) is 6.71. The van der Waals surface area contributed by atoms with E-state index >= 15 is 0 Å². The van der Waals surface area contributed by atoms with Crippen molar-refractivity contribution in [2.24, 2.45) is 17.8 Å². The maximum atomic E-state index is 12.8. The lowest BCUT2D eigenvalue weighted by molar-refractivity contribution is 0.00556. The van der Waals surface area contributed by atoms with Gasteiger partial charge in [-0.3, -0.25) is 4.79 Å². The standard InChI is InChI=1S/C30H29NO6/c32-18-25-26(20-37-30(35)23-14-8-3-9-15-23)24(19-36-29(34)22-12-6-2-7-13-22)16-17-27(25)31-28(33)21-10-4-1-5-11-21/h1-17,24-27,32H,18-20H2,(H,31,33)/t24-,25+,26+,27-/m1/s1. The van der Waals surface area contributed by atoms with Gasteiger partial charge in [-0.1, -0.05) is 66.7 Å². The fraction of sp³-hybridized carbons (Fsp3) is 0.233. The molecule has 0 saturated carbocycles. The minimum atomic E-state index is -0.501. The van der Waals surface area contributed by atoms with Crippen LogP contribution in [0.2, 0.25) is 0 Å². The Kier molecular flexibility index (Phi) is 8.84. The zero-order valence-corrected chi connectivity index (χ0v) is 20.2. The van der Waals surface area contributed by atoms with E-state index in [0.29, 0.717) is 16.7 Å². The van der Waals surface area contributed by atoms with E-state index in [1.807, 2.05) is 24.3 Å². The number of aliphatic hydroxyl groups excluding tert-OH is 1. The molecule has 190 valence electrons. The molecule has 0 fully saturated rings. The molecule has 0 aromatic heterocycles. The monoisotopic (exact) mass is 499 g/mol. The molecule has 7 nitrogen and oxygen atoms in total. The van der Waals surface area contributed by atoms with Gasteiger partial charge in [0.25, 0.3) is 5.91 Å². The van der Waals surface area contributed by atoms with Crippen LogP contribution in [-0.2, 0) is 9.47 Å². The van der Waals surface area contributed by atoms with Crippen molar-refractivity contribution in [3.8, 4) is 0 Å². The Labute approximate surface area is 215 Å². The maximum Gasteiger partial charge on any atom is 0.338 e. The number of carbonyl (C=O) groups is 3. The molecule has 0 spiro atoms. The molecule has 7 heteroatoms. The lowest BCUT2D eigenvalue weighted by Crippen LogP contribution is -2.49. The van der Waals surface area contributed by atoms with Crippen molar-refractivity contribution in [3.05, 3.63) is 120 Å². The molecule has 2 N–H and O–H groups in total. The van der Waals surface area contributed by atoms with Gasteiger partial charge in [-0.2, -0.15) is 0 Å². The highest BCUT2D eigenvalue weighted by Crippen LogP contribution is 2.32. The van der Waals surface area contributed by atoms with E-state index in [9.17, 15) is 19.5 Å². The van der Waals surface area contributed by atoms with Crippen LogP contribution in [0.4, 0.5) is 0 Å². The van der Waals surface area contributed by atoms with Gasteiger partial charge < -0.3 is 19.9 Å². The van der Waals surface area contributed by atoms with Crippen LogP contribution in [-0.4, -0.2) is 48.8 Å². The minimum Gasteiger partial charge on any atom is -0.462 e. The first-order valence-corrected chi connectivity index (χ1v) is 12.2. The third-order valence-electron chi connectivity index (χ3n) is 6.50. The normalized spacial score (nSPS) is 20.6. The summed E-state index contributed by atoms with van der Waals surface area (Å²) < 4.78 is 11.2. The van der Waals surface area contributed by atoms with Crippen molar-refractivity contribution in [1.29, 1.82) is 0 Å². The molecular weight excluding hydrogens is 470 g/mol. The summed E-state index contributed by atoms with van der Waals surface area (Å²) in [6.07, 6.45) is 3.65. The van der Waals surface area contributed by atoms with Crippen LogP contribution in [0.5, 0.6) is 0 Å². The largest absolute Gasteiger partial charge is 0.462 e. The average molecular weight is 500 g/mol. The van der Waals surface area contributed by atoms with Crippen LogP contribution in [0.3, 0.4) is 0 Å². The summed E-state index contributed by atoms with van der Waals surface area (Å²) >= 11 is 0. The molecule has 0 unspecified atom stereocenters. The smallest absolute Gasteiger partial charge is 0.338 e. The second kappa shape index (κ2) is 12.6. The summed E-state index contributed by atoms with van der Waals surface area (Å²) in [4.78, 5) is 38.0. The summed E-state index contributed by atoms with van der Waals surface area (Å²) in [5.41, 5.74) is 1.34. The predicted octanol–water partition coefficient (Wildman–Crippen LogP) is 3.91. The van der Waals surface area contributed by atoms with Crippen molar-refractivity contribution >= 4 is 17.8 Å². The van der Waals surface area contributed by atoms with E-state index in [1.54, 1.807) is 78.9 Å². The second-order valence-electron chi connectivity index (χ2n) is 8.85. The van der Waals surface area contributed by atoms with Gasteiger partial charge in [-0.15, -0.1) is 0 Å². The number of carbonyl (C=O) groups excluding carboxylic acids is 3. The summed E-state index contributed by atoms with van der Waals surface area (Å²) in [6, 6.07) is 25.6. The SMILES string of the molecule is O=C(N[C@@H]1C=C[C@H](COC(=O)c2ccccc2)[C@H](COC(=O)c2ccccc2)[C@@H]1CO)c1ccccc1. The lowest BCUT2D eigenvalue weighted by Gasteiger charge is -2.38. The second-order valence-corrected chi connectivity index (χ2v) is 8.85. The zero-order chi connectivity index (χ0) is 26.0. The number of nitrogens with one attached hydrogen (secondary N) is 1. The molecule has 4 rings (SSSR count). The number of ether oxygens (including phenoxy) is 2. The molecule has 0 bridgehead atoms. The van der Waals surface area contributed by atoms with Crippen LogP contribution >= 0.6 is 0 Å². The summed E-state index contributed by atoms with van der Waals surface area (Å²) in [6.45, 7) is -0.247. The third-order valence-corrected chi connectivity index (χ3v) is 6.50. The first-order valence-electron chi connectivity index (χ1n) is 12.2. The van der Waals surface area contributed by atoms with Crippen LogP contribution in [0, 0.1) is 17.8 Å². The molecule has 0 aliphatic heterocycles. The van der Waals surface area contributed by atoms with Gasteiger partial charge >= 0.3 is 11.9 Å². The first kappa shape index (κ1) is 25.9. The Morgan fingerprint density at radius 3 is 1.65 bits per heavy atom. The van der Waals surface area contributed by atoms with E-state index in [4.69, 9.17) is 9.47 Å². The number of aliphatic hydroxyl groups is 1.